The molecule has 2 aromatic rings. The highest BCUT2D eigenvalue weighted by Crippen LogP contribution is 2.23. The third kappa shape index (κ3) is 2.59. The van der Waals surface area contributed by atoms with Gasteiger partial charge in [-0.15, -0.1) is 0 Å². The van der Waals surface area contributed by atoms with Crippen LogP contribution in [0.5, 0.6) is 0 Å². The number of aliphatic hydroxyl groups is 2. The molecule has 1 saturated heterocycles. The second-order valence-electron chi connectivity index (χ2n) is 6.03. The fourth-order valence-electron chi connectivity index (χ4n) is 2.90. The van der Waals surface area contributed by atoms with Gasteiger partial charge in [0.05, 0.1) is 11.7 Å². The van der Waals surface area contributed by atoms with Crippen molar-refractivity contribution in [3.05, 3.63) is 36.0 Å². The lowest BCUT2D eigenvalue weighted by molar-refractivity contribution is -0.106. The Morgan fingerprint density at radius 3 is 3.00 bits per heavy atom. The van der Waals surface area contributed by atoms with Crippen LogP contribution in [-0.4, -0.2) is 51.4 Å². The maximum atomic E-state index is 9.97. The Hall–Kier alpha value is -1.36. The van der Waals surface area contributed by atoms with Crippen LogP contribution < -0.4 is 0 Å². The molecule has 3 N–H and O–H groups in total. The molecule has 1 aliphatic rings. The number of hydrogen-bond donors (Lipinski definition) is 3. The highest BCUT2D eigenvalue weighted by atomic mass is 16.3. The van der Waals surface area contributed by atoms with E-state index in [-0.39, 0.29) is 0 Å². The fourth-order valence-corrected chi connectivity index (χ4v) is 2.90. The molecule has 0 unspecified atom stereocenters. The Balaban J connectivity index is 1.63. The zero-order chi connectivity index (χ0) is 14.2. The SMILES string of the molecule is C[C@@]1(O)CCN(CCc2c[nH]c3ccccc23)C[C@@H]1O. The predicted octanol–water partition coefficient (Wildman–Crippen LogP) is 1.53. The third-order valence-electron chi connectivity index (χ3n) is 4.46. The summed E-state index contributed by atoms with van der Waals surface area (Å²) in [5.74, 6) is 0. The number of rotatable bonds is 3. The number of likely N-dealkylation sites (tertiary alicyclic amines) is 1. The molecular weight excluding hydrogens is 252 g/mol. The molecule has 1 aromatic carbocycles. The number of benzene rings is 1. The van der Waals surface area contributed by atoms with E-state index in [1.165, 1.54) is 16.5 Å². The van der Waals surface area contributed by atoms with Gasteiger partial charge in [0.1, 0.15) is 0 Å². The number of piperidine rings is 1. The smallest absolute Gasteiger partial charge is 0.0951 e. The first kappa shape index (κ1) is 13.6. The molecule has 1 aliphatic heterocycles. The first-order valence-electron chi connectivity index (χ1n) is 7.24. The number of fused-ring (bicyclic) bond motifs is 1. The summed E-state index contributed by atoms with van der Waals surface area (Å²) in [7, 11) is 0. The van der Waals surface area contributed by atoms with Gasteiger partial charge in [-0.1, -0.05) is 18.2 Å². The van der Waals surface area contributed by atoms with Gasteiger partial charge in [0.2, 0.25) is 0 Å². The lowest BCUT2D eigenvalue weighted by Crippen LogP contribution is -2.54. The van der Waals surface area contributed by atoms with E-state index in [2.05, 4.69) is 34.3 Å². The fraction of sp³-hybridized carbons (Fsp3) is 0.500. The molecule has 0 bridgehead atoms. The van der Waals surface area contributed by atoms with E-state index in [4.69, 9.17) is 0 Å². The van der Waals surface area contributed by atoms with Crippen LogP contribution >= 0.6 is 0 Å². The molecule has 0 amide bonds. The monoisotopic (exact) mass is 274 g/mol. The largest absolute Gasteiger partial charge is 0.389 e. The molecule has 4 nitrogen and oxygen atoms in total. The van der Waals surface area contributed by atoms with Crippen molar-refractivity contribution in [2.24, 2.45) is 0 Å². The minimum Gasteiger partial charge on any atom is -0.389 e. The second kappa shape index (κ2) is 5.20. The van der Waals surface area contributed by atoms with Crippen LogP contribution in [0.4, 0.5) is 0 Å². The van der Waals surface area contributed by atoms with Crippen LogP contribution in [0.2, 0.25) is 0 Å². The van der Waals surface area contributed by atoms with E-state index >= 15 is 0 Å². The molecule has 4 heteroatoms. The molecule has 0 saturated carbocycles. The highest BCUT2D eigenvalue weighted by molar-refractivity contribution is 5.83. The summed E-state index contributed by atoms with van der Waals surface area (Å²) in [6.07, 6.45) is 3.00. The molecular formula is C16H22N2O2. The Morgan fingerprint density at radius 2 is 2.20 bits per heavy atom. The molecule has 0 aliphatic carbocycles. The Morgan fingerprint density at radius 1 is 1.40 bits per heavy atom. The first-order chi connectivity index (χ1) is 9.56. The highest BCUT2D eigenvalue weighted by Gasteiger charge is 2.35. The van der Waals surface area contributed by atoms with Gasteiger partial charge in [0.25, 0.3) is 0 Å². The van der Waals surface area contributed by atoms with E-state index in [0.29, 0.717) is 13.0 Å². The van der Waals surface area contributed by atoms with Crippen molar-refractivity contribution in [3.63, 3.8) is 0 Å². The molecule has 2 atom stereocenters. The molecule has 20 heavy (non-hydrogen) atoms. The third-order valence-corrected chi connectivity index (χ3v) is 4.46. The van der Waals surface area contributed by atoms with Crippen molar-refractivity contribution in [2.45, 2.75) is 31.5 Å². The summed E-state index contributed by atoms with van der Waals surface area (Å²) < 4.78 is 0. The van der Waals surface area contributed by atoms with Crippen LogP contribution in [0.3, 0.4) is 0 Å². The van der Waals surface area contributed by atoms with Gasteiger partial charge >= 0.3 is 0 Å². The van der Waals surface area contributed by atoms with Crippen molar-refractivity contribution < 1.29 is 10.2 Å². The van der Waals surface area contributed by atoms with Gasteiger partial charge in [0.15, 0.2) is 0 Å². The van der Waals surface area contributed by atoms with E-state index in [9.17, 15) is 10.2 Å². The number of aromatic amines is 1. The van der Waals surface area contributed by atoms with Crippen molar-refractivity contribution in [2.75, 3.05) is 19.6 Å². The van der Waals surface area contributed by atoms with Crippen LogP contribution in [0.1, 0.15) is 18.9 Å². The van der Waals surface area contributed by atoms with Gasteiger partial charge in [-0.25, -0.2) is 0 Å². The van der Waals surface area contributed by atoms with Gasteiger partial charge in [-0.3, -0.25) is 0 Å². The maximum Gasteiger partial charge on any atom is 0.0951 e. The number of nitrogens with zero attached hydrogens (tertiary/aromatic N) is 1. The normalized spacial score (nSPS) is 28.1. The van der Waals surface area contributed by atoms with Gasteiger partial charge in [-0.05, 0) is 31.4 Å². The minimum atomic E-state index is -0.933. The van der Waals surface area contributed by atoms with E-state index in [1.54, 1.807) is 6.92 Å². The summed E-state index contributed by atoms with van der Waals surface area (Å²) in [5, 5.41) is 21.2. The number of nitrogens with one attached hydrogen (secondary N) is 1. The van der Waals surface area contributed by atoms with Crippen LogP contribution in [0.25, 0.3) is 10.9 Å². The molecule has 3 rings (SSSR count). The number of aliphatic hydroxyl groups excluding tert-OH is 1. The van der Waals surface area contributed by atoms with Crippen molar-refractivity contribution >= 4 is 10.9 Å². The number of H-pyrrole nitrogens is 1. The topological polar surface area (TPSA) is 59.5 Å². The second-order valence-corrected chi connectivity index (χ2v) is 6.03. The molecule has 0 radical (unpaired) electrons. The van der Waals surface area contributed by atoms with E-state index < -0.39 is 11.7 Å². The zero-order valence-corrected chi connectivity index (χ0v) is 11.8. The molecule has 2 heterocycles. The lowest BCUT2D eigenvalue weighted by atomic mass is 9.90. The molecule has 108 valence electrons. The summed E-state index contributed by atoms with van der Waals surface area (Å²) in [6.45, 7) is 4.02. The average Bonchev–Trinajstić information content (AvgIpc) is 2.84. The van der Waals surface area contributed by atoms with Gasteiger partial charge < -0.3 is 20.1 Å². The Kier molecular flexibility index (Phi) is 3.54. The van der Waals surface area contributed by atoms with Crippen LogP contribution in [0, 0.1) is 0 Å². The van der Waals surface area contributed by atoms with Crippen molar-refractivity contribution in [3.8, 4) is 0 Å². The molecule has 1 aromatic heterocycles. The van der Waals surface area contributed by atoms with Crippen LogP contribution in [0.15, 0.2) is 30.5 Å². The average molecular weight is 274 g/mol. The predicted molar refractivity (Wildman–Crippen MR) is 79.7 cm³/mol. The van der Waals surface area contributed by atoms with Gasteiger partial charge in [-0.2, -0.15) is 0 Å². The Labute approximate surface area is 119 Å². The molecule has 1 fully saturated rings. The molecule has 0 spiro atoms. The summed E-state index contributed by atoms with van der Waals surface area (Å²) in [4.78, 5) is 5.52. The van der Waals surface area contributed by atoms with E-state index in [1.807, 2.05) is 6.07 Å². The lowest BCUT2D eigenvalue weighted by Gasteiger charge is -2.39. The summed E-state index contributed by atoms with van der Waals surface area (Å²) >= 11 is 0. The standard InChI is InChI=1S/C16H22N2O2/c1-16(20)7-9-18(11-15(16)19)8-6-12-10-17-14-5-3-2-4-13(12)14/h2-5,10,15,17,19-20H,6-9,11H2,1H3/t15-,16+/m0/s1. The summed E-state index contributed by atoms with van der Waals surface area (Å²) in [6, 6.07) is 8.31. The van der Waals surface area contributed by atoms with Crippen LogP contribution in [-0.2, 0) is 6.42 Å². The number of β-amino-alcohol motifs (C(OH)–C–C–N with tert-alkyl or cyclic N) is 1. The van der Waals surface area contributed by atoms with Crippen molar-refractivity contribution in [1.82, 2.24) is 9.88 Å². The zero-order valence-electron chi connectivity index (χ0n) is 11.8. The number of para-hydroxylation sites is 1. The number of hydrogen-bond acceptors (Lipinski definition) is 3. The minimum absolute atomic E-state index is 0.551. The quantitative estimate of drug-likeness (QED) is 0.795. The Bertz CT molecular complexity index is 591. The maximum absolute atomic E-state index is 9.97. The van der Waals surface area contributed by atoms with Crippen molar-refractivity contribution in [1.29, 1.82) is 0 Å². The van der Waals surface area contributed by atoms with Gasteiger partial charge in [0, 0.05) is 36.7 Å². The number of aromatic nitrogens is 1. The summed E-state index contributed by atoms with van der Waals surface area (Å²) in [5.41, 5.74) is 1.55. The first-order valence-corrected chi connectivity index (χ1v) is 7.24. The van der Waals surface area contributed by atoms with E-state index in [0.717, 1.165) is 19.5 Å².